The Hall–Kier alpha value is -0.210. The number of hydrogen-bond donors (Lipinski definition) is 1. The molecular formula is C14H22BrN3O2S. The summed E-state index contributed by atoms with van der Waals surface area (Å²) in [5, 5.41) is 0. The number of halogens is 1. The van der Waals surface area contributed by atoms with Crippen LogP contribution in [0.5, 0.6) is 0 Å². The normalized spacial score (nSPS) is 20.2. The van der Waals surface area contributed by atoms with Gasteiger partial charge in [-0.25, -0.2) is 9.97 Å². The van der Waals surface area contributed by atoms with Crippen molar-refractivity contribution in [3.63, 3.8) is 0 Å². The van der Waals surface area contributed by atoms with E-state index in [0.29, 0.717) is 5.92 Å². The molecule has 2 unspecified atom stereocenters. The van der Waals surface area contributed by atoms with Crippen LogP contribution in [0.15, 0.2) is 17.0 Å². The van der Waals surface area contributed by atoms with E-state index >= 15 is 0 Å². The van der Waals surface area contributed by atoms with Gasteiger partial charge < -0.3 is 9.29 Å². The van der Waals surface area contributed by atoms with Crippen LogP contribution in [0.2, 0.25) is 0 Å². The van der Waals surface area contributed by atoms with E-state index in [2.05, 4.69) is 30.6 Å². The topological polar surface area (TPSA) is 70.1 Å². The molecule has 1 N–H and O–H groups in total. The molecule has 21 heavy (non-hydrogen) atoms. The van der Waals surface area contributed by atoms with Crippen LogP contribution in [0, 0.1) is 5.92 Å². The average Bonchev–Trinajstić information content (AvgIpc) is 2.44. The highest BCUT2D eigenvalue weighted by Crippen LogP contribution is 2.31. The zero-order valence-corrected chi connectivity index (χ0v) is 15.0. The fourth-order valence-corrected chi connectivity index (χ4v) is 3.48. The Morgan fingerprint density at radius 2 is 2.05 bits per heavy atom. The van der Waals surface area contributed by atoms with Crippen LogP contribution < -0.4 is 4.72 Å². The molecule has 7 heteroatoms. The third-order valence-electron chi connectivity index (χ3n) is 3.50. The summed E-state index contributed by atoms with van der Waals surface area (Å²) in [5.74, 6) is 0.367. The summed E-state index contributed by atoms with van der Waals surface area (Å²) in [6.45, 7) is 7.39. The summed E-state index contributed by atoms with van der Waals surface area (Å²) in [6.07, 6.45) is 3.43. The van der Waals surface area contributed by atoms with Crippen molar-refractivity contribution in [3.8, 4) is 0 Å². The third kappa shape index (κ3) is 4.89. The zero-order chi connectivity index (χ0) is 15.5. The number of hydrogen-bond acceptors (Lipinski definition) is 5. The number of nitrogens with zero attached hydrogens (tertiary/aromatic N) is 2. The van der Waals surface area contributed by atoms with Gasteiger partial charge in [-0.2, -0.15) is 0 Å². The van der Waals surface area contributed by atoms with Crippen molar-refractivity contribution in [2.75, 3.05) is 13.2 Å². The third-order valence-corrected chi connectivity index (χ3v) is 5.52. The first-order chi connectivity index (χ1) is 9.88. The quantitative estimate of drug-likeness (QED) is 0.646. The molecule has 1 aromatic heterocycles. The van der Waals surface area contributed by atoms with Crippen LogP contribution in [0.25, 0.3) is 0 Å². The van der Waals surface area contributed by atoms with E-state index in [1.807, 2.05) is 26.8 Å². The van der Waals surface area contributed by atoms with Gasteiger partial charge >= 0.3 is 0 Å². The van der Waals surface area contributed by atoms with Gasteiger partial charge in [0.25, 0.3) is 0 Å². The molecule has 0 aliphatic carbocycles. The molecule has 0 saturated carbocycles. The first kappa shape index (κ1) is 17.1. The van der Waals surface area contributed by atoms with E-state index in [-0.39, 0.29) is 10.8 Å². The van der Waals surface area contributed by atoms with E-state index < -0.39 is 11.4 Å². The number of rotatable bonds is 4. The van der Waals surface area contributed by atoms with Crippen LogP contribution in [-0.2, 0) is 16.1 Å². The minimum Gasteiger partial charge on any atom is -0.598 e. The molecule has 0 bridgehead atoms. The molecule has 0 aromatic carbocycles. The standard InChI is InChI=1S/C14H22BrN3O2S/c1-14(2,3)21(19)18-13(10-4-6-20-7-5-10)11-8-12(15)17-9-16-11/h8-10,13,18H,4-7H2,1-3H3. The lowest BCUT2D eigenvalue weighted by atomic mass is 9.90. The summed E-state index contributed by atoms with van der Waals surface area (Å²) >= 11 is 2.24. The molecule has 0 spiro atoms. The molecule has 2 heterocycles. The minimum absolute atomic E-state index is 0.0479. The van der Waals surface area contributed by atoms with E-state index in [1.54, 1.807) is 0 Å². The highest BCUT2D eigenvalue weighted by Gasteiger charge is 2.35. The Kier molecular flexibility index (Phi) is 6.02. The Bertz CT molecular complexity index is 464. The van der Waals surface area contributed by atoms with Crippen molar-refractivity contribution in [1.29, 1.82) is 0 Å². The SMILES string of the molecule is CC(C)(C)[S+]([O-])NC(c1cc(Br)ncn1)C1CCOCC1. The fourth-order valence-electron chi connectivity index (χ4n) is 2.26. The summed E-state index contributed by atoms with van der Waals surface area (Å²) in [5.41, 5.74) is 0.876. The summed E-state index contributed by atoms with van der Waals surface area (Å²) < 4.78 is 21.6. The fraction of sp³-hybridized carbons (Fsp3) is 0.714. The molecule has 118 valence electrons. The maximum Gasteiger partial charge on any atom is 0.136 e. The zero-order valence-electron chi connectivity index (χ0n) is 12.6. The van der Waals surface area contributed by atoms with Gasteiger partial charge in [-0.3, -0.25) is 0 Å². The van der Waals surface area contributed by atoms with Crippen molar-refractivity contribution in [2.24, 2.45) is 5.92 Å². The predicted octanol–water partition coefficient (Wildman–Crippen LogP) is 2.76. The van der Waals surface area contributed by atoms with Crippen LogP contribution in [0.3, 0.4) is 0 Å². The van der Waals surface area contributed by atoms with E-state index in [9.17, 15) is 4.55 Å². The molecule has 1 aliphatic rings. The highest BCUT2D eigenvalue weighted by molar-refractivity contribution is 9.10. The van der Waals surface area contributed by atoms with Crippen molar-refractivity contribution < 1.29 is 9.29 Å². The summed E-state index contributed by atoms with van der Waals surface area (Å²) in [4.78, 5) is 8.44. The monoisotopic (exact) mass is 375 g/mol. The van der Waals surface area contributed by atoms with Crippen LogP contribution in [0.4, 0.5) is 0 Å². The molecular weight excluding hydrogens is 354 g/mol. The smallest absolute Gasteiger partial charge is 0.136 e. The van der Waals surface area contributed by atoms with Crippen LogP contribution in [-0.4, -0.2) is 32.5 Å². The molecule has 1 fully saturated rings. The summed E-state index contributed by atoms with van der Waals surface area (Å²) in [6, 6.07) is 1.85. The molecule has 0 radical (unpaired) electrons. The molecule has 1 saturated heterocycles. The van der Waals surface area contributed by atoms with Gasteiger partial charge in [-0.15, -0.1) is 4.72 Å². The molecule has 1 aromatic rings. The van der Waals surface area contributed by atoms with Gasteiger partial charge in [0.15, 0.2) is 0 Å². The largest absolute Gasteiger partial charge is 0.598 e. The second kappa shape index (κ2) is 7.37. The van der Waals surface area contributed by atoms with E-state index in [1.165, 1.54) is 6.33 Å². The van der Waals surface area contributed by atoms with Crippen LogP contribution >= 0.6 is 15.9 Å². The predicted molar refractivity (Wildman–Crippen MR) is 87.0 cm³/mol. The average molecular weight is 376 g/mol. The molecule has 1 aliphatic heterocycles. The number of aromatic nitrogens is 2. The van der Waals surface area contributed by atoms with Gasteiger partial charge in [0.1, 0.15) is 15.7 Å². The van der Waals surface area contributed by atoms with Crippen molar-refractivity contribution in [2.45, 2.75) is 44.4 Å². The minimum atomic E-state index is -1.14. The van der Waals surface area contributed by atoms with E-state index in [4.69, 9.17) is 4.74 Å². The molecule has 5 nitrogen and oxygen atoms in total. The Morgan fingerprint density at radius 1 is 1.38 bits per heavy atom. The van der Waals surface area contributed by atoms with Gasteiger partial charge in [0, 0.05) is 24.6 Å². The van der Waals surface area contributed by atoms with Crippen molar-refractivity contribution in [3.05, 3.63) is 22.7 Å². The molecule has 0 amide bonds. The van der Waals surface area contributed by atoms with E-state index in [0.717, 1.165) is 36.4 Å². The Labute approximate surface area is 137 Å². The first-order valence-electron chi connectivity index (χ1n) is 7.11. The van der Waals surface area contributed by atoms with Crippen molar-refractivity contribution >= 4 is 27.3 Å². The lowest BCUT2D eigenvalue weighted by Gasteiger charge is -2.33. The lowest BCUT2D eigenvalue weighted by molar-refractivity contribution is 0.0559. The van der Waals surface area contributed by atoms with Crippen molar-refractivity contribution in [1.82, 2.24) is 14.7 Å². The second-order valence-corrected chi connectivity index (χ2v) is 9.00. The van der Waals surface area contributed by atoms with Gasteiger partial charge in [-0.05, 0) is 61.5 Å². The Morgan fingerprint density at radius 3 is 2.62 bits per heavy atom. The maximum absolute atomic E-state index is 12.5. The maximum atomic E-state index is 12.5. The van der Waals surface area contributed by atoms with Gasteiger partial charge in [0.2, 0.25) is 0 Å². The lowest BCUT2D eigenvalue weighted by Crippen LogP contribution is -2.44. The summed E-state index contributed by atoms with van der Waals surface area (Å²) in [7, 11) is 0. The Balaban J connectivity index is 2.21. The van der Waals surface area contributed by atoms with Gasteiger partial charge in [0.05, 0.1) is 11.7 Å². The molecule has 2 rings (SSSR count). The number of nitrogens with one attached hydrogen (secondary N) is 1. The first-order valence-corrected chi connectivity index (χ1v) is 9.05. The highest BCUT2D eigenvalue weighted by atomic mass is 79.9. The molecule has 2 atom stereocenters. The van der Waals surface area contributed by atoms with Gasteiger partial charge in [-0.1, -0.05) is 0 Å². The number of ether oxygens (including phenoxy) is 1. The second-order valence-electron chi connectivity index (χ2n) is 6.19. The van der Waals surface area contributed by atoms with Crippen LogP contribution in [0.1, 0.15) is 45.3 Å².